The molecule has 0 rings (SSSR count). The first-order chi connectivity index (χ1) is 20.8. The maximum atomic E-state index is 12.6. The zero-order chi connectivity index (χ0) is 32.0. The van der Waals surface area contributed by atoms with Gasteiger partial charge in [0.15, 0.2) is 0 Å². The van der Waals surface area contributed by atoms with Gasteiger partial charge in [-0.15, -0.1) is 0 Å². The van der Waals surface area contributed by atoms with E-state index in [2.05, 4.69) is 55.6 Å². The highest BCUT2D eigenvalue weighted by atomic mass is 31.2. The molecule has 0 saturated carbocycles. The smallest absolute Gasteiger partial charge is 0.393 e. The van der Waals surface area contributed by atoms with E-state index in [-0.39, 0.29) is 19.6 Å². The number of carbonyl (C=O) groups is 1. The number of aliphatic hydroxyl groups is 2. The van der Waals surface area contributed by atoms with Crippen molar-refractivity contribution in [1.29, 1.82) is 0 Å². The minimum Gasteiger partial charge on any atom is -0.393 e. The van der Waals surface area contributed by atoms with Gasteiger partial charge in [0.1, 0.15) is 0 Å². The molecule has 0 saturated heterocycles. The number of carbonyl (C=O) groups excluding carboxylic acids is 1. The average molecular weight is 629 g/mol. The number of phosphoric acid groups is 1. The molecule has 0 aromatic carbocycles. The third-order valence-electron chi connectivity index (χ3n) is 6.66. The monoisotopic (exact) mass is 628 g/mol. The lowest BCUT2D eigenvalue weighted by Gasteiger charge is -2.24. The molecule has 1 amide bonds. The number of amides is 1. The largest absolute Gasteiger partial charge is 0.472 e. The van der Waals surface area contributed by atoms with Crippen LogP contribution < -0.4 is 11.1 Å². The van der Waals surface area contributed by atoms with Gasteiger partial charge in [-0.1, -0.05) is 94.6 Å². The van der Waals surface area contributed by atoms with Crippen molar-refractivity contribution in [3.63, 3.8) is 0 Å². The van der Waals surface area contributed by atoms with E-state index in [0.717, 1.165) is 51.4 Å². The topological polar surface area (TPSA) is 151 Å². The highest BCUT2D eigenvalue weighted by molar-refractivity contribution is 7.47. The quantitative estimate of drug-likeness (QED) is 0.0345. The van der Waals surface area contributed by atoms with E-state index in [9.17, 15) is 24.5 Å². The molecule has 250 valence electrons. The van der Waals surface area contributed by atoms with Gasteiger partial charge < -0.3 is 26.2 Å². The Morgan fingerprint density at radius 3 is 1.91 bits per heavy atom. The molecule has 10 heteroatoms. The lowest BCUT2D eigenvalue weighted by Crippen LogP contribution is -2.46. The average Bonchev–Trinajstić information content (AvgIpc) is 2.97. The van der Waals surface area contributed by atoms with Gasteiger partial charge in [-0.2, -0.15) is 0 Å². The number of nitrogens with two attached hydrogens (primary N) is 1. The Morgan fingerprint density at radius 2 is 1.33 bits per heavy atom. The van der Waals surface area contributed by atoms with Crippen molar-refractivity contribution in [2.24, 2.45) is 5.73 Å². The Bertz CT molecular complexity index is 832. The molecule has 43 heavy (non-hydrogen) atoms. The predicted octanol–water partition coefficient (Wildman–Crippen LogP) is 6.79. The third kappa shape index (κ3) is 27.7. The van der Waals surface area contributed by atoms with Gasteiger partial charge in [-0.05, 0) is 64.2 Å². The summed E-state index contributed by atoms with van der Waals surface area (Å²) in [6.45, 7) is 3.78. The van der Waals surface area contributed by atoms with Crippen molar-refractivity contribution in [3.05, 3.63) is 48.6 Å². The first kappa shape index (κ1) is 41.4. The summed E-state index contributed by atoms with van der Waals surface area (Å²) in [6.07, 6.45) is 29.3. The third-order valence-corrected chi connectivity index (χ3v) is 7.64. The van der Waals surface area contributed by atoms with E-state index in [1.54, 1.807) is 6.08 Å². The molecule has 0 fully saturated rings. The van der Waals surface area contributed by atoms with E-state index in [1.807, 2.05) is 0 Å². The Hall–Kier alpha value is -1.58. The SMILES string of the molecule is CCCC/C=C\CCCCC(O)CC(=O)NC(COP(=O)(O)OCCN)C(O)/C=C/CC/C=C/CC/C=C/CCCCC. The Balaban J connectivity index is 4.69. The van der Waals surface area contributed by atoms with Crippen molar-refractivity contribution in [1.82, 2.24) is 5.32 Å². The number of hydrogen-bond donors (Lipinski definition) is 5. The molecule has 4 unspecified atom stereocenters. The standard InChI is InChI=1S/C33H61N2O7P/c1-3-5-7-9-11-13-14-15-16-17-19-21-23-25-32(37)31(29-42-43(39,40)41-27-26-34)35-33(38)28-30(36)24-22-20-18-12-10-8-6-4-2/h10-13,16-17,23,25,30-32,36-37H,3-9,14-15,18-22,24,26-29,34H2,1-2H3,(H,35,38)(H,39,40)/b12-10-,13-11+,17-16+,25-23+. The fourth-order valence-electron chi connectivity index (χ4n) is 4.13. The zero-order valence-corrected chi connectivity index (χ0v) is 27.7. The fraction of sp³-hybridized carbons (Fsp3) is 0.727. The van der Waals surface area contributed by atoms with Crippen LogP contribution >= 0.6 is 7.82 Å². The van der Waals surface area contributed by atoms with E-state index in [4.69, 9.17) is 14.8 Å². The zero-order valence-electron chi connectivity index (χ0n) is 26.8. The molecule has 0 aliphatic heterocycles. The number of nitrogens with one attached hydrogen (secondary N) is 1. The van der Waals surface area contributed by atoms with E-state index >= 15 is 0 Å². The Morgan fingerprint density at radius 1 is 0.791 bits per heavy atom. The van der Waals surface area contributed by atoms with E-state index in [0.29, 0.717) is 12.8 Å². The second-order valence-electron chi connectivity index (χ2n) is 10.8. The summed E-state index contributed by atoms with van der Waals surface area (Å²) in [4.78, 5) is 22.5. The molecule has 0 aromatic heterocycles. The van der Waals surface area contributed by atoms with E-state index < -0.39 is 38.6 Å². The predicted molar refractivity (Wildman–Crippen MR) is 177 cm³/mol. The lowest BCUT2D eigenvalue weighted by molar-refractivity contribution is -0.124. The highest BCUT2D eigenvalue weighted by Gasteiger charge is 2.27. The molecular formula is C33H61N2O7P. The summed E-state index contributed by atoms with van der Waals surface area (Å²) in [6, 6.07) is -1.01. The molecule has 0 aromatic rings. The fourth-order valence-corrected chi connectivity index (χ4v) is 4.88. The van der Waals surface area contributed by atoms with Crippen molar-refractivity contribution in [2.75, 3.05) is 19.8 Å². The van der Waals surface area contributed by atoms with Gasteiger partial charge in [0.05, 0.1) is 37.9 Å². The molecule has 4 atom stereocenters. The molecule has 0 aliphatic rings. The van der Waals surface area contributed by atoms with Gasteiger partial charge in [-0.3, -0.25) is 13.8 Å². The van der Waals surface area contributed by atoms with Crippen LogP contribution in [0.15, 0.2) is 48.6 Å². The summed E-state index contributed by atoms with van der Waals surface area (Å²) >= 11 is 0. The maximum absolute atomic E-state index is 12.6. The lowest BCUT2D eigenvalue weighted by atomic mass is 10.1. The van der Waals surface area contributed by atoms with Gasteiger partial charge in [-0.25, -0.2) is 4.57 Å². The van der Waals surface area contributed by atoms with Crippen molar-refractivity contribution in [3.8, 4) is 0 Å². The van der Waals surface area contributed by atoms with Crippen LogP contribution in [-0.4, -0.2) is 59.0 Å². The van der Waals surface area contributed by atoms with Crippen LogP contribution in [0.25, 0.3) is 0 Å². The summed E-state index contributed by atoms with van der Waals surface area (Å²) in [5.74, 6) is -0.481. The van der Waals surface area contributed by atoms with Crippen LogP contribution in [-0.2, 0) is 18.4 Å². The second-order valence-corrected chi connectivity index (χ2v) is 12.3. The number of phosphoric ester groups is 1. The van der Waals surface area contributed by atoms with Gasteiger partial charge in [0, 0.05) is 6.54 Å². The minimum absolute atomic E-state index is 0.0384. The molecule has 0 heterocycles. The molecule has 9 nitrogen and oxygen atoms in total. The Labute approximate surface area is 261 Å². The summed E-state index contributed by atoms with van der Waals surface area (Å²) < 4.78 is 21.8. The normalized spacial score (nSPS) is 16.0. The maximum Gasteiger partial charge on any atom is 0.472 e. The van der Waals surface area contributed by atoms with Crippen LogP contribution in [0.3, 0.4) is 0 Å². The molecule has 0 radical (unpaired) electrons. The number of aliphatic hydroxyl groups excluding tert-OH is 2. The van der Waals surface area contributed by atoms with Crippen LogP contribution in [0.1, 0.15) is 117 Å². The van der Waals surface area contributed by atoms with Crippen LogP contribution in [0.4, 0.5) is 0 Å². The first-order valence-corrected chi connectivity index (χ1v) is 17.8. The molecule has 0 aliphatic carbocycles. The van der Waals surface area contributed by atoms with Gasteiger partial charge in [0.2, 0.25) is 5.91 Å². The Kier molecular flexibility index (Phi) is 28.1. The second kappa shape index (κ2) is 29.1. The number of unbranched alkanes of at least 4 members (excludes halogenated alkanes) is 9. The molecular weight excluding hydrogens is 567 g/mol. The van der Waals surface area contributed by atoms with Crippen LogP contribution in [0.2, 0.25) is 0 Å². The first-order valence-electron chi connectivity index (χ1n) is 16.3. The summed E-state index contributed by atoms with van der Waals surface area (Å²) in [7, 11) is -4.40. The minimum atomic E-state index is -4.40. The van der Waals surface area contributed by atoms with Crippen LogP contribution in [0.5, 0.6) is 0 Å². The van der Waals surface area contributed by atoms with Crippen LogP contribution in [0, 0.1) is 0 Å². The summed E-state index contributed by atoms with van der Waals surface area (Å²) in [5, 5.41) is 23.7. The van der Waals surface area contributed by atoms with E-state index in [1.165, 1.54) is 38.2 Å². The van der Waals surface area contributed by atoms with Crippen molar-refractivity contribution in [2.45, 2.75) is 135 Å². The van der Waals surface area contributed by atoms with Crippen molar-refractivity contribution < 1.29 is 33.5 Å². The van der Waals surface area contributed by atoms with Gasteiger partial charge >= 0.3 is 7.82 Å². The molecule has 0 bridgehead atoms. The van der Waals surface area contributed by atoms with Gasteiger partial charge in [0.25, 0.3) is 0 Å². The van der Waals surface area contributed by atoms with Crippen molar-refractivity contribution >= 4 is 13.7 Å². The number of rotatable bonds is 29. The summed E-state index contributed by atoms with van der Waals surface area (Å²) in [5.41, 5.74) is 5.31. The molecule has 6 N–H and O–H groups in total. The molecule has 0 spiro atoms. The number of hydrogen-bond acceptors (Lipinski definition) is 7. The highest BCUT2D eigenvalue weighted by Crippen LogP contribution is 2.43. The number of allylic oxidation sites excluding steroid dienone is 7.